The second-order valence-electron chi connectivity index (χ2n) is 3.96. The van der Waals surface area contributed by atoms with Gasteiger partial charge in [-0.3, -0.25) is 4.79 Å². The van der Waals surface area contributed by atoms with Gasteiger partial charge in [0.2, 0.25) is 0 Å². The van der Waals surface area contributed by atoms with E-state index in [1.807, 2.05) is 13.8 Å². The first kappa shape index (κ1) is 11.9. The molecule has 0 aromatic heterocycles. The SMILES string of the molecule is CC1(C)C(Cl)C(=O)C1CC(Cl)(Cl)Cl. The fourth-order valence-corrected chi connectivity index (χ4v) is 2.35. The molecule has 13 heavy (non-hydrogen) atoms. The molecule has 0 bridgehead atoms. The number of ketones is 1. The van der Waals surface area contributed by atoms with E-state index in [1.165, 1.54) is 0 Å². The monoisotopic (exact) mass is 262 g/mol. The van der Waals surface area contributed by atoms with Crippen LogP contribution in [0.15, 0.2) is 0 Å². The van der Waals surface area contributed by atoms with Gasteiger partial charge in [-0.05, 0) is 5.41 Å². The lowest BCUT2D eigenvalue weighted by Gasteiger charge is -2.48. The molecule has 5 heteroatoms. The number of rotatable bonds is 1. The summed E-state index contributed by atoms with van der Waals surface area (Å²) in [4.78, 5) is 11.3. The van der Waals surface area contributed by atoms with Gasteiger partial charge in [-0.2, -0.15) is 0 Å². The number of hydrogen-bond donors (Lipinski definition) is 0. The minimum atomic E-state index is -1.37. The van der Waals surface area contributed by atoms with E-state index >= 15 is 0 Å². The second-order valence-corrected chi connectivity index (χ2v) is 6.91. The summed E-state index contributed by atoms with van der Waals surface area (Å²) in [6, 6.07) is 0. The largest absolute Gasteiger partial charge is 0.298 e. The first-order valence-corrected chi connectivity index (χ1v) is 5.48. The van der Waals surface area contributed by atoms with Gasteiger partial charge >= 0.3 is 0 Å². The Kier molecular flexibility index (Phi) is 3.15. The van der Waals surface area contributed by atoms with Gasteiger partial charge in [-0.15, -0.1) is 11.6 Å². The normalized spacial score (nSPS) is 32.9. The van der Waals surface area contributed by atoms with Crippen molar-refractivity contribution in [2.24, 2.45) is 11.3 Å². The van der Waals surface area contributed by atoms with Gasteiger partial charge in [0.05, 0.1) is 5.38 Å². The van der Waals surface area contributed by atoms with Crippen molar-refractivity contribution in [2.45, 2.75) is 29.4 Å². The van der Waals surface area contributed by atoms with Crippen LogP contribution in [-0.4, -0.2) is 15.0 Å². The van der Waals surface area contributed by atoms with Gasteiger partial charge in [-0.1, -0.05) is 48.7 Å². The molecule has 76 valence electrons. The fourth-order valence-electron chi connectivity index (χ4n) is 1.59. The Morgan fingerprint density at radius 1 is 1.38 bits per heavy atom. The minimum absolute atomic E-state index is 0.0157. The summed E-state index contributed by atoms with van der Waals surface area (Å²) in [6.45, 7) is 3.82. The van der Waals surface area contributed by atoms with Crippen molar-refractivity contribution >= 4 is 52.2 Å². The smallest absolute Gasteiger partial charge is 0.191 e. The summed E-state index contributed by atoms with van der Waals surface area (Å²) < 4.78 is -1.37. The third-order valence-electron chi connectivity index (χ3n) is 2.58. The summed E-state index contributed by atoms with van der Waals surface area (Å²) in [7, 11) is 0. The lowest BCUT2D eigenvalue weighted by atomic mass is 9.60. The van der Waals surface area contributed by atoms with E-state index in [1.54, 1.807) is 0 Å². The third kappa shape index (κ3) is 2.26. The Balaban J connectivity index is 2.68. The Hall–Kier alpha value is 0.830. The van der Waals surface area contributed by atoms with Gasteiger partial charge in [0.15, 0.2) is 9.58 Å². The van der Waals surface area contributed by atoms with Crippen LogP contribution < -0.4 is 0 Å². The molecule has 1 fully saturated rings. The molecule has 0 N–H and O–H groups in total. The predicted octanol–water partition coefficient (Wildman–Crippen LogP) is 3.58. The number of hydrogen-bond acceptors (Lipinski definition) is 1. The molecule has 1 aliphatic rings. The molecule has 0 saturated heterocycles. The van der Waals surface area contributed by atoms with E-state index in [2.05, 4.69) is 0 Å². The van der Waals surface area contributed by atoms with E-state index in [4.69, 9.17) is 46.4 Å². The highest BCUT2D eigenvalue weighted by molar-refractivity contribution is 6.67. The van der Waals surface area contributed by atoms with Crippen LogP contribution in [0.25, 0.3) is 0 Å². The van der Waals surface area contributed by atoms with Crippen molar-refractivity contribution < 1.29 is 4.79 Å². The molecule has 0 amide bonds. The van der Waals surface area contributed by atoms with E-state index < -0.39 is 9.17 Å². The number of halogens is 4. The second kappa shape index (κ2) is 3.44. The van der Waals surface area contributed by atoms with Crippen LogP contribution in [0.2, 0.25) is 0 Å². The number of carbonyl (C=O) groups is 1. The maximum atomic E-state index is 11.3. The first-order chi connectivity index (χ1) is 5.66. The summed E-state index contributed by atoms with van der Waals surface area (Å²) >= 11 is 22.7. The highest BCUT2D eigenvalue weighted by atomic mass is 35.6. The van der Waals surface area contributed by atoms with Crippen LogP contribution in [0.1, 0.15) is 20.3 Å². The van der Waals surface area contributed by atoms with Gasteiger partial charge in [-0.25, -0.2) is 0 Å². The molecule has 1 saturated carbocycles. The van der Waals surface area contributed by atoms with E-state index in [-0.39, 0.29) is 23.5 Å². The lowest BCUT2D eigenvalue weighted by molar-refractivity contribution is -0.139. The molecule has 0 aromatic rings. The van der Waals surface area contributed by atoms with Crippen molar-refractivity contribution in [2.75, 3.05) is 0 Å². The zero-order chi connectivity index (χ0) is 10.4. The van der Waals surface area contributed by atoms with E-state index in [0.717, 1.165) is 0 Å². The highest BCUT2D eigenvalue weighted by Crippen LogP contribution is 2.52. The average Bonchev–Trinajstić information content (AvgIpc) is 1.96. The van der Waals surface area contributed by atoms with Gasteiger partial charge in [0.25, 0.3) is 0 Å². The maximum Gasteiger partial charge on any atom is 0.191 e. The fraction of sp³-hybridized carbons (Fsp3) is 0.875. The van der Waals surface area contributed by atoms with Crippen molar-refractivity contribution in [3.63, 3.8) is 0 Å². The predicted molar refractivity (Wildman–Crippen MR) is 56.8 cm³/mol. The van der Waals surface area contributed by atoms with Gasteiger partial charge in [0, 0.05) is 12.3 Å². The van der Waals surface area contributed by atoms with Crippen molar-refractivity contribution in [3.05, 3.63) is 0 Å². The Bertz CT molecular complexity index is 231. The molecule has 0 spiro atoms. The molecular formula is C8H10Cl4O. The number of alkyl halides is 4. The number of Topliss-reactive ketones (excluding diaryl/α,β-unsaturated/α-hetero) is 1. The Morgan fingerprint density at radius 3 is 2.15 bits per heavy atom. The van der Waals surface area contributed by atoms with Crippen molar-refractivity contribution in [1.29, 1.82) is 0 Å². The molecule has 1 aliphatic carbocycles. The lowest BCUT2D eigenvalue weighted by Crippen LogP contribution is -2.56. The minimum Gasteiger partial charge on any atom is -0.298 e. The van der Waals surface area contributed by atoms with Crippen molar-refractivity contribution in [3.8, 4) is 0 Å². The zero-order valence-electron chi connectivity index (χ0n) is 7.28. The highest BCUT2D eigenvalue weighted by Gasteiger charge is 2.56. The average molecular weight is 264 g/mol. The molecule has 0 radical (unpaired) electrons. The summed E-state index contributed by atoms with van der Waals surface area (Å²) in [6.07, 6.45) is 0.243. The summed E-state index contributed by atoms with van der Waals surface area (Å²) in [5, 5.41) is -0.440. The van der Waals surface area contributed by atoms with Crippen LogP contribution in [0.5, 0.6) is 0 Å². The van der Waals surface area contributed by atoms with Crippen LogP contribution in [-0.2, 0) is 4.79 Å². The van der Waals surface area contributed by atoms with E-state index in [0.29, 0.717) is 0 Å². The summed E-state index contributed by atoms with van der Waals surface area (Å²) in [5.41, 5.74) is -0.261. The van der Waals surface area contributed by atoms with Crippen LogP contribution in [0, 0.1) is 11.3 Å². The van der Waals surface area contributed by atoms with Crippen LogP contribution in [0.4, 0.5) is 0 Å². The zero-order valence-corrected chi connectivity index (χ0v) is 10.3. The molecule has 1 rings (SSSR count). The maximum absolute atomic E-state index is 11.3. The molecule has 0 aliphatic heterocycles. The van der Waals surface area contributed by atoms with Crippen LogP contribution in [0.3, 0.4) is 0 Å². The molecule has 0 aromatic carbocycles. The Morgan fingerprint density at radius 2 is 1.85 bits per heavy atom. The number of carbonyl (C=O) groups excluding carboxylic acids is 1. The molecule has 2 atom stereocenters. The molecular weight excluding hydrogens is 254 g/mol. The third-order valence-corrected chi connectivity index (χ3v) is 3.82. The van der Waals surface area contributed by atoms with Gasteiger partial charge < -0.3 is 0 Å². The molecule has 2 unspecified atom stereocenters. The summed E-state index contributed by atoms with van der Waals surface area (Å²) in [5.74, 6) is -0.250. The van der Waals surface area contributed by atoms with Gasteiger partial charge in [0.1, 0.15) is 0 Å². The standard InChI is InChI=1S/C8H10Cl4O/c1-7(2)4(3-8(10,11)12)5(13)6(7)9/h4,6H,3H2,1-2H3. The van der Waals surface area contributed by atoms with Crippen LogP contribution >= 0.6 is 46.4 Å². The Labute approximate surface area is 97.7 Å². The molecule has 1 nitrogen and oxygen atoms in total. The first-order valence-electron chi connectivity index (χ1n) is 3.91. The topological polar surface area (TPSA) is 17.1 Å². The van der Waals surface area contributed by atoms with E-state index in [9.17, 15) is 4.79 Å². The quantitative estimate of drug-likeness (QED) is 0.661. The van der Waals surface area contributed by atoms with Crippen molar-refractivity contribution in [1.82, 2.24) is 0 Å². The molecule has 0 heterocycles.